The number of anilines is 1. The first-order valence-electron chi connectivity index (χ1n) is 9.30. The molecule has 0 saturated heterocycles. The molecule has 1 heterocycles. The van der Waals surface area contributed by atoms with Crippen LogP contribution in [-0.4, -0.2) is 56.7 Å². The van der Waals surface area contributed by atoms with Crippen LogP contribution in [0.25, 0.3) is 0 Å². The number of ether oxygens (including phenoxy) is 2. The molecule has 1 amide bonds. The Morgan fingerprint density at radius 2 is 2.04 bits per heavy atom. The zero-order valence-electron chi connectivity index (χ0n) is 16.0. The van der Waals surface area contributed by atoms with E-state index < -0.39 is 0 Å². The van der Waals surface area contributed by atoms with Crippen LogP contribution in [0, 0.1) is 11.3 Å². The fourth-order valence-electron chi connectivity index (χ4n) is 3.14. The number of hydrogen-bond acceptors (Lipinski definition) is 7. The third-order valence-corrected chi connectivity index (χ3v) is 5.63. The Labute approximate surface area is 164 Å². The highest BCUT2D eigenvalue weighted by atomic mass is 32.1. The predicted molar refractivity (Wildman–Crippen MR) is 104 cm³/mol. The highest BCUT2D eigenvalue weighted by Gasteiger charge is 2.22. The van der Waals surface area contributed by atoms with E-state index in [4.69, 9.17) is 9.47 Å². The lowest BCUT2D eigenvalue weighted by Gasteiger charge is -2.20. The number of nitrogens with zero attached hydrogens (tertiary/aromatic N) is 2. The van der Waals surface area contributed by atoms with Crippen molar-refractivity contribution in [2.24, 2.45) is 0 Å². The van der Waals surface area contributed by atoms with Gasteiger partial charge >= 0.3 is 5.97 Å². The second-order valence-electron chi connectivity index (χ2n) is 6.44. The number of nitriles is 1. The van der Waals surface area contributed by atoms with Crippen LogP contribution in [0.5, 0.6) is 0 Å². The lowest BCUT2D eigenvalue weighted by atomic mass is 10.1. The number of carbonyl (C=O) groups is 2. The summed E-state index contributed by atoms with van der Waals surface area (Å²) >= 11 is 1.51. The maximum atomic E-state index is 12.5. The van der Waals surface area contributed by atoms with Crippen LogP contribution in [0.1, 0.15) is 42.2 Å². The van der Waals surface area contributed by atoms with Gasteiger partial charge in [0.1, 0.15) is 11.1 Å². The Hall–Kier alpha value is -1.95. The fraction of sp³-hybridized carbons (Fsp3) is 0.632. The lowest BCUT2D eigenvalue weighted by molar-refractivity contribution is -0.144. The van der Waals surface area contributed by atoms with Gasteiger partial charge in [0.25, 0.3) is 0 Å². The van der Waals surface area contributed by atoms with Gasteiger partial charge in [-0.05, 0) is 38.2 Å². The molecule has 0 unspecified atom stereocenters. The van der Waals surface area contributed by atoms with Crippen molar-refractivity contribution in [1.29, 1.82) is 5.26 Å². The van der Waals surface area contributed by atoms with Crippen molar-refractivity contribution in [2.75, 3.05) is 45.3 Å². The minimum absolute atomic E-state index is 0.0245. The number of carbonyl (C=O) groups excluding carboxylic acids is 2. The minimum atomic E-state index is -0.373. The largest absolute Gasteiger partial charge is 0.465 e. The number of amides is 1. The number of hydrogen-bond donors (Lipinski definition) is 1. The van der Waals surface area contributed by atoms with Crippen molar-refractivity contribution in [3.63, 3.8) is 0 Å². The molecule has 0 atom stereocenters. The number of fused-ring (bicyclic) bond motifs is 1. The molecule has 0 aromatic carbocycles. The smallest absolute Gasteiger partial charge is 0.320 e. The number of methoxy groups -OCH3 is 1. The van der Waals surface area contributed by atoms with E-state index in [1.807, 2.05) is 0 Å². The van der Waals surface area contributed by atoms with Crippen LogP contribution in [-0.2, 0) is 31.9 Å². The number of nitrogens with one attached hydrogen (secondary N) is 1. The lowest BCUT2D eigenvalue weighted by Crippen LogP contribution is -2.39. The summed E-state index contributed by atoms with van der Waals surface area (Å²) in [5.74, 6) is -0.620. The van der Waals surface area contributed by atoms with Crippen LogP contribution in [0.15, 0.2) is 0 Å². The Bertz CT molecular complexity index is 696. The molecular weight excluding hydrogens is 366 g/mol. The van der Waals surface area contributed by atoms with Crippen LogP contribution in [0.2, 0.25) is 0 Å². The fourth-order valence-corrected chi connectivity index (χ4v) is 4.40. The Kier molecular flexibility index (Phi) is 8.72. The minimum Gasteiger partial charge on any atom is -0.465 e. The third-order valence-electron chi connectivity index (χ3n) is 4.42. The number of thiophene rings is 1. The summed E-state index contributed by atoms with van der Waals surface area (Å²) in [6.07, 6.45) is 5.24. The monoisotopic (exact) mass is 393 g/mol. The maximum absolute atomic E-state index is 12.5. The number of rotatable bonds is 9. The second-order valence-corrected chi connectivity index (χ2v) is 7.54. The van der Waals surface area contributed by atoms with Crippen molar-refractivity contribution < 1.29 is 19.1 Å². The molecule has 1 aliphatic rings. The Morgan fingerprint density at radius 3 is 2.74 bits per heavy atom. The first-order valence-corrected chi connectivity index (χ1v) is 10.1. The molecule has 0 radical (unpaired) electrons. The van der Waals surface area contributed by atoms with Crippen molar-refractivity contribution >= 4 is 28.2 Å². The van der Waals surface area contributed by atoms with E-state index >= 15 is 0 Å². The van der Waals surface area contributed by atoms with Gasteiger partial charge in [-0.2, -0.15) is 5.26 Å². The van der Waals surface area contributed by atoms with Crippen LogP contribution in [0.4, 0.5) is 5.00 Å². The molecular formula is C19H27N3O4S. The van der Waals surface area contributed by atoms with E-state index in [0.717, 1.165) is 31.2 Å². The molecule has 0 spiro atoms. The van der Waals surface area contributed by atoms with Crippen LogP contribution >= 0.6 is 11.3 Å². The van der Waals surface area contributed by atoms with Gasteiger partial charge in [-0.25, -0.2) is 0 Å². The highest BCUT2D eigenvalue weighted by molar-refractivity contribution is 7.16. The summed E-state index contributed by atoms with van der Waals surface area (Å²) in [7, 11) is 1.57. The van der Waals surface area contributed by atoms with E-state index in [9.17, 15) is 14.9 Å². The van der Waals surface area contributed by atoms with Gasteiger partial charge in [-0.3, -0.25) is 14.5 Å². The number of esters is 1. The van der Waals surface area contributed by atoms with E-state index in [0.29, 0.717) is 30.3 Å². The Balaban J connectivity index is 2.04. The van der Waals surface area contributed by atoms with Gasteiger partial charge in [0.15, 0.2) is 0 Å². The molecule has 0 aliphatic heterocycles. The van der Waals surface area contributed by atoms with Gasteiger partial charge in [-0.1, -0.05) is 6.42 Å². The molecule has 0 fully saturated rings. The summed E-state index contributed by atoms with van der Waals surface area (Å²) < 4.78 is 10.0. The SMILES string of the molecule is CCOC(=O)CN(CCOC)CC(=O)Nc1sc2c(c1C#N)CCCCC2. The molecule has 0 bridgehead atoms. The maximum Gasteiger partial charge on any atom is 0.320 e. The second kappa shape index (κ2) is 11.0. The van der Waals surface area contributed by atoms with Crippen molar-refractivity contribution in [3.05, 3.63) is 16.0 Å². The van der Waals surface area contributed by atoms with Crippen molar-refractivity contribution in [3.8, 4) is 6.07 Å². The summed E-state index contributed by atoms with van der Waals surface area (Å²) in [6, 6.07) is 2.26. The van der Waals surface area contributed by atoms with Crippen LogP contribution < -0.4 is 5.32 Å². The highest BCUT2D eigenvalue weighted by Crippen LogP contribution is 2.36. The Morgan fingerprint density at radius 1 is 1.26 bits per heavy atom. The van der Waals surface area contributed by atoms with Gasteiger partial charge in [0, 0.05) is 18.5 Å². The summed E-state index contributed by atoms with van der Waals surface area (Å²) in [4.78, 5) is 27.2. The molecule has 1 aliphatic carbocycles. The summed E-state index contributed by atoms with van der Waals surface area (Å²) in [5, 5.41) is 13.1. The molecule has 0 saturated carbocycles. The molecule has 1 aromatic rings. The number of aryl methyl sites for hydroxylation is 1. The first kappa shape index (κ1) is 21.4. The zero-order chi connectivity index (χ0) is 19.6. The standard InChI is InChI=1S/C19H27N3O4S/c1-3-26-18(24)13-22(9-10-25-2)12-17(23)21-19-15(11-20)14-7-5-4-6-8-16(14)27-19/h3-10,12-13H2,1-2H3,(H,21,23). The molecule has 1 N–H and O–H groups in total. The van der Waals surface area contributed by atoms with E-state index in [-0.39, 0.29) is 25.0 Å². The first-order chi connectivity index (χ1) is 13.1. The van der Waals surface area contributed by atoms with E-state index in [1.54, 1.807) is 18.9 Å². The molecule has 8 heteroatoms. The topological polar surface area (TPSA) is 91.7 Å². The molecule has 7 nitrogen and oxygen atoms in total. The normalized spacial score (nSPS) is 13.6. The van der Waals surface area contributed by atoms with Gasteiger partial charge in [0.2, 0.25) is 5.91 Å². The van der Waals surface area contributed by atoms with Crippen molar-refractivity contribution in [2.45, 2.75) is 39.0 Å². The average Bonchev–Trinajstić information content (AvgIpc) is 2.79. The van der Waals surface area contributed by atoms with E-state index in [1.165, 1.54) is 22.6 Å². The van der Waals surface area contributed by atoms with Gasteiger partial charge in [-0.15, -0.1) is 11.3 Å². The van der Waals surface area contributed by atoms with Gasteiger partial charge < -0.3 is 14.8 Å². The zero-order valence-corrected chi connectivity index (χ0v) is 16.8. The van der Waals surface area contributed by atoms with Gasteiger partial charge in [0.05, 0.1) is 31.9 Å². The molecule has 1 aromatic heterocycles. The van der Waals surface area contributed by atoms with Crippen molar-refractivity contribution in [1.82, 2.24) is 4.90 Å². The summed E-state index contributed by atoms with van der Waals surface area (Å²) in [5.41, 5.74) is 1.69. The molecule has 27 heavy (non-hydrogen) atoms. The van der Waals surface area contributed by atoms with E-state index in [2.05, 4.69) is 11.4 Å². The predicted octanol–water partition coefficient (Wildman–Crippen LogP) is 2.34. The quantitative estimate of drug-likeness (QED) is 0.511. The molecule has 2 rings (SSSR count). The third kappa shape index (κ3) is 6.31. The molecule has 148 valence electrons. The van der Waals surface area contributed by atoms with Crippen LogP contribution in [0.3, 0.4) is 0 Å². The average molecular weight is 394 g/mol. The summed E-state index contributed by atoms with van der Waals surface area (Å²) in [6.45, 7) is 2.95.